The van der Waals surface area contributed by atoms with E-state index in [9.17, 15) is 0 Å². The number of thiocarbonyl (C=S) groups is 1. The molecule has 2 saturated heterocycles. The van der Waals surface area contributed by atoms with Crippen molar-refractivity contribution in [2.24, 2.45) is 11.8 Å². The Morgan fingerprint density at radius 2 is 1.66 bits per heavy atom. The molecule has 4 unspecified atom stereocenters. The number of anilines is 3. The lowest BCUT2D eigenvalue weighted by Gasteiger charge is -2.37. The van der Waals surface area contributed by atoms with E-state index in [0.29, 0.717) is 16.9 Å². The molecular formula is C33H37ClN6S. The summed E-state index contributed by atoms with van der Waals surface area (Å²) < 4.78 is 2.25. The van der Waals surface area contributed by atoms with Gasteiger partial charge in [0.15, 0.2) is 5.11 Å². The molecule has 1 N–H and O–H groups in total. The maximum Gasteiger partial charge on any atom is 0.174 e. The van der Waals surface area contributed by atoms with E-state index in [-0.39, 0.29) is 12.1 Å². The van der Waals surface area contributed by atoms with E-state index < -0.39 is 0 Å². The molecule has 2 aromatic heterocycles. The van der Waals surface area contributed by atoms with Crippen LogP contribution in [0.1, 0.15) is 43.7 Å². The highest BCUT2D eigenvalue weighted by molar-refractivity contribution is 7.80. The van der Waals surface area contributed by atoms with Crippen molar-refractivity contribution in [2.45, 2.75) is 32.4 Å². The lowest BCUT2D eigenvalue weighted by molar-refractivity contribution is 0.357. The van der Waals surface area contributed by atoms with Gasteiger partial charge in [-0.3, -0.25) is 4.98 Å². The number of pyridine rings is 1. The number of nitrogens with one attached hydrogen (secondary N) is 1. The molecule has 4 aromatic rings. The smallest absolute Gasteiger partial charge is 0.174 e. The van der Waals surface area contributed by atoms with Crippen molar-refractivity contribution >= 4 is 46.0 Å². The fraction of sp³-hybridized carbons (Fsp3) is 0.333. The molecule has 212 valence electrons. The summed E-state index contributed by atoms with van der Waals surface area (Å²) in [6, 6.07) is 25.0. The van der Waals surface area contributed by atoms with Crippen LogP contribution in [0.3, 0.4) is 0 Å². The van der Waals surface area contributed by atoms with E-state index >= 15 is 0 Å². The molecule has 6 nitrogen and oxygen atoms in total. The second-order valence-corrected chi connectivity index (χ2v) is 12.5. The van der Waals surface area contributed by atoms with Gasteiger partial charge in [-0.15, -0.1) is 0 Å². The second kappa shape index (κ2) is 11.4. The molecule has 4 atom stereocenters. The summed E-state index contributed by atoms with van der Waals surface area (Å²) in [5.74, 6) is 1.29. The van der Waals surface area contributed by atoms with Crippen LogP contribution < -0.4 is 20.0 Å². The standard InChI is InChI=1S/C33H37ClN6S/c1-22-18-23(2)21-38(20-22)29-15-14-26(19-27(29)34)40-32(31(36-33(40)41)28-8-5-6-16-35-28)30-9-7-17-39(30)25-12-10-24(11-13-25)37(3)4/h5-17,19,22-23,31-32H,18,20-21H2,1-4H3,(H,36,41). The zero-order valence-electron chi connectivity index (χ0n) is 24.0. The van der Waals surface area contributed by atoms with Crippen LogP contribution >= 0.6 is 23.8 Å². The van der Waals surface area contributed by atoms with Gasteiger partial charge in [0.1, 0.15) is 6.04 Å². The zero-order valence-corrected chi connectivity index (χ0v) is 25.6. The molecular weight excluding hydrogens is 548 g/mol. The summed E-state index contributed by atoms with van der Waals surface area (Å²) in [5, 5.41) is 5.00. The Bertz CT molecular complexity index is 1510. The molecule has 0 aliphatic carbocycles. The predicted octanol–water partition coefficient (Wildman–Crippen LogP) is 7.25. The fourth-order valence-corrected chi connectivity index (χ4v) is 7.12. The van der Waals surface area contributed by atoms with Crippen LogP contribution in [0.5, 0.6) is 0 Å². The van der Waals surface area contributed by atoms with Gasteiger partial charge in [0.05, 0.1) is 22.4 Å². The minimum Gasteiger partial charge on any atom is -0.378 e. The van der Waals surface area contributed by atoms with Gasteiger partial charge in [0.2, 0.25) is 0 Å². The van der Waals surface area contributed by atoms with Crippen LogP contribution in [-0.4, -0.2) is 41.8 Å². The summed E-state index contributed by atoms with van der Waals surface area (Å²) in [5.41, 5.74) is 6.37. The Kier molecular flexibility index (Phi) is 7.66. The van der Waals surface area contributed by atoms with Crippen LogP contribution in [0.2, 0.25) is 5.02 Å². The van der Waals surface area contributed by atoms with E-state index in [4.69, 9.17) is 28.8 Å². The third kappa shape index (κ3) is 5.41. The summed E-state index contributed by atoms with van der Waals surface area (Å²) in [6.45, 7) is 6.70. The number of hydrogen-bond acceptors (Lipinski definition) is 4. The largest absolute Gasteiger partial charge is 0.378 e. The maximum atomic E-state index is 7.02. The average molecular weight is 585 g/mol. The molecule has 8 heteroatoms. The Balaban J connectivity index is 1.41. The van der Waals surface area contributed by atoms with Crippen LogP contribution in [0.15, 0.2) is 85.2 Å². The molecule has 4 heterocycles. The number of aromatic nitrogens is 2. The fourth-order valence-electron chi connectivity index (χ4n) is 6.48. The Morgan fingerprint density at radius 3 is 2.32 bits per heavy atom. The van der Waals surface area contributed by atoms with Crippen molar-refractivity contribution < 1.29 is 0 Å². The normalized spacial score (nSPS) is 22.6. The monoisotopic (exact) mass is 584 g/mol. The Hall–Kier alpha value is -3.55. The molecule has 0 spiro atoms. The number of halogens is 1. The molecule has 2 fully saturated rings. The summed E-state index contributed by atoms with van der Waals surface area (Å²) >= 11 is 13.0. The summed E-state index contributed by atoms with van der Waals surface area (Å²) in [6.07, 6.45) is 5.21. The highest BCUT2D eigenvalue weighted by Crippen LogP contribution is 2.44. The second-order valence-electron chi connectivity index (χ2n) is 11.7. The molecule has 0 amide bonds. The van der Waals surface area contributed by atoms with Crippen molar-refractivity contribution in [1.82, 2.24) is 14.9 Å². The lowest BCUT2D eigenvalue weighted by atomic mass is 9.91. The topological polar surface area (TPSA) is 39.6 Å². The molecule has 41 heavy (non-hydrogen) atoms. The van der Waals surface area contributed by atoms with E-state index in [1.807, 2.05) is 18.3 Å². The van der Waals surface area contributed by atoms with Gasteiger partial charge in [0.25, 0.3) is 0 Å². The quantitative estimate of drug-likeness (QED) is 0.241. The molecule has 0 bridgehead atoms. The third-order valence-corrected chi connectivity index (χ3v) is 8.86. The minimum atomic E-state index is -0.141. The third-order valence-electron chi connectivity index (χ3n) is 8.24. The molecule has 2 aromatic carbocycles. The average Bonchev–Trinajstić information content (AvgIpc) is 3.57. The van der Waals surface area contributed by atoms with Crippen LogP contribution in [0.25, 0.3) is 5.69 Å². The summed E-state index contributed by atoms with van der Waals surface area (Å²) in [4.78, 5) is 11.5. The number of hydrogen-bond donors (Lipinski definition) is 1. The van der Waals surface area contributed by atoms with Crippen LogP contribution in [0, 0.1) is 11.8 Å². The lowest BCUT2D eigenvalue weighted by Crippen LogP contribution is -2.38. The van der Waals surface area contributed by atoms with Crippen LogP contribution in [-0.2, 0) is 0 Å². The van der Waals surface area contributed by atoms with E-state index in [2.05, 4.69) is 119 Å². The van der Waals surface area contributed by atoms with Gasteiger partial charge < -0.3 is 24.6 Å². The van der Waals surface area contributed by atoms with Crippen molar-refractivity contribution in [3.05, 3.63) is 102 Å². The molecule has 2 aliphatic heterocycles. The van der Waals surface area contributed by atoms with Crippen molar-refractivity contribution in [2.75, 3.05) is 41.9 Å². The van der Waals surface area contributed by atoms with Crippen molar-refractivity contribution in [3.63, 3.8) is 0 Å². The van der Waals surface area contributed by atoms with Gasteiger partial charge in [0, 0.05) is 62.3 Å². The highest BCUT2D eigenvalue weighted by Gasteiger charge is 2.42. The van der Waals surface area contributed by atoms with E-state index in [1.165, 1.54) is 6.42 Å². The first kappa shape index (κ1) is 27.6. The molecule has 0 radical (unpaired) electrons. The van der Waals surface area contributed by atoms with E-state index in [0.717, 1.165) is 52.2 Å². The van der Waals surface area contributed by atoms with Gasteiger partial charge in [-0.2, -0.15) is 0 Å². The van der Waals surface area contributed by atoms with Gasteiger partial charge in [-0.05, 0) is 97.2 Å². The van der Waals surface area contributed by atoms with Gasteiger partial charge in [-0.25, -0.2) is 0 Å². The first-order valence-corrected chi connectivity index (χ1v) is 15.1. The predicted molar refractivity (Wildman–Crippen MR) is 175 cm³/mol. The Labute approximate surface area is 253 Å². The van der Waals surface area contributed by atoms with Gasteiger partial charge in [-0.1, -0.05) is 31.5 Å². The number of nitrogens with zero attached hydrogens (tertiary/aromatic N) is 5. The number of rotatable bonds is 6. The Morgan fingerprint density at radius 1 is 0.927 bits per heavy atom. The number of benzene rings is 2. The zero-order chi connectivity index (χ0) is 28.7. The first-order valence-electron chi connectivity index (χ1n) is 14.3. The number of piperidine rings is 1. The summed E-state index contributed by atoms with van der Waals surface area (Å²) in [7, 11) is 4.11. The first-order chi connectivity index (χ1) is 19.8. The van der Waals surface area contributed by atoms with Gasteiger partial charge >= 0.3 is 0 Å². The molecule has 6 rings (SSSR count). The van der Waals surface area contributed by atoms with Crippen molar-refractivity contribution in [1.29, 1.82) is 0 Å². The maximum absolute atomic E-state index is 7.02. The minimum absolute atomic E-state index is 0.138. The molecule has 2 aliphatic rings. The SMILES string of the molecule is CC1CC(C)CN(c2ccc(N3C(=S)NC(c4ccccn4)C3c3cccn3-c3ccc(N(C)C)cc3)cc2Cl)C1. The van der Waals surface area contributed by atoms with Crippen LogP contribution in [0.4, 0.5) is 17.1 Å². The molecule has 0 saturated carbocycles. The highest BCUT2D eigenvalue weighted by atomic mass is 35.5. The van der Waals surface area contributed by atoms with Crippen molar-refractivity contribution in [3.8, 4) is 5.69 Å². The van der Waals surface area contributed by atoms with E-state index in [1.54, 1.807) is 0 Å².